The van der Waals surface area contributed by atoms with E-state index >= 15 is 0 Å². The smallest absolute Gasteiger partial charge is 0.0235 e. The largest absolute Gasteiger partial charge is 0.314 e. The Balaban J connectivity index is 1.54. The van der Waals surface area contributed by atoms with Gasteiger partial charge in [-0.3, -0.25) is 0 Å². The minimum atomic E-state index is 0.735. The molecule has 1 saturated heterocycles. The second kappa shape index (κ2) is 6.97. The van der Waals surface area contributed by atoms with Gasteiger partial charge in [-0.25, -0.2) is 0 Å². The lowest BCUT2D eigenvalue weighted by molar-refractivity contribution is 0.0968. The van der Waals surface area contributed by atoms with Gasteiger partial charge in [-0.05, 0) is 70.5 Å². The molecule has 0 aromatic heterocycles. The Hall–Kier alpha value is -0.120. The van der Waals surface area contributed by atoms with Crippen molar-refractivity contribution in [3.63, 3.8) is 0 Å². The maximum absolute atomic E-state index is 3.81. The summed E-state index contributed by atoms with van der Waals surface area (Å²) in [6.45, 7) is 7.09. The molecular weight excluding hydrogens is 258 g/mol. The third-order valence-corrected chi connectivity index (χ3v) is 6.50. The van der Waals surface area contributed by atoms with Crippen LogP contribution in [0.15, 0.2) is 0 Å². The van der Waals surface area contributed by atoms with Crippen LogP contribution in [0.1, 0.15) is 45.4 Å². The van der Waals surface area contributed by atoms with Crippen LogP contribution in [0.2, 0.25) is 0 Å². The average molecular weight is 293 g/mol. The first-order valence-electron chi connectivity index (χ1n) is 9.27. The number of hydrogen-bond acceptors (Lipinski definition) is 3. The van der Waals surface area contributed by atoms with Gasteiger partial charge in [0.2, 0.25) is 0 Å². The molecule has 3 rings (SSSR count). The Kier molecular flexibility index (Phi) is 5.23. The fourth-order valence-electron chi connectivity index (χ4n) is 5.27. The van der Waals surface area contributed by atoms with Crippen molar-refractivity contribution in [2.75, 3.05) is 40.3 Å². The first kappa shape index (κ1) is 15.8. The quantitative estimate of drug-likeness (QED) is 0.811. The summed E-state index contributed by atoms with van der Waals surface area (Å²) in [7, 11) is 4.59. The van der Waals surface area contributed by atoms with Crippen molar-refractivity contribution in [1.29, 1.82) is 0 Å². The van der Waals surface area contributed by atoms with Crippen LogP contribution in [-0.4, -0.2) is 62.2 Å². The molecule has 122 valence electrons. The van der Waals surface area contributed by atoms with Gasteiger partial charge in [0.1, 0.15) is 0 Å². The van der Waals surface area contributed by atoms with Crippen molar-refractivity contribution >= 4 is 0 Å². The molecule has 3 fully saturated rings. The minimum absolute atomic E-state index is 0.735. The highest BCUT2D eigenvalue weighted by Crippen LogP contribution is 2.50. The molecule has 2 saturated carbocycles. The zero-order chi connectivity index (χ0) is 14.8. The number of fused-ring (bicyclic) bond motifs is 2. The maximum Gasteiger partial charge on any atom is 0.0235 e. The van der Waals surface area contributed by atoms with E-state index in [1.54, 1.807) is 6.42 Å². The van der Waals surface area contributed by atoms with Crippen LogP contribution in [-0.2, 0) is 0 Å². The van der Waals surface area contributed by atoms with Crippen molar-refractivity contribution < 1.29 is 0 Å². The molecule has 0 radical (unpaired) electrons. The molecule has 1 aliphatic heterocycles. The summed E-state index contributed by atoms with van der Waals surface area (Å²) in [6.07, 6.45) is 8.91. The molecule has 5 unspecified atom stereocenters. The van der Waals surface area contributed by atoms with Crippen molar-refractivity contribution in [3.05, 3.63) is 0 Å². The SMILES string of the molecule is CCNC(CC1CC2CCC1C2)CC1CN(C)CCN1C. The zero-order valence-electron chi connectivity index (χ0n) is 14.4. The van der Waals surface area contributed by atoms with E-state index in [-0.39, 0.29) is 0 Å². The Morgan fingerprint density at radius 1 is 1.10 bits per heavy atom. The van der Waals surface area contributed by atoms with Gasteiger partial charge in [0.15, 0.2) is 0 Å². The van der Waals surface area contributed by atoms with E-state index in [0.29, 0.717) is 0 Å². The summed E-state index contributed by atoms with van der Waals surface area (Å²) in [5.41, 5.74) is 0. The topological polar surface area (TPSA) is 18.5 Å². The average Bonchev–Trinajstić information content (AvgIpc) is 3.05. The van der Waals surface area contributed by atoms with Crippen molar-refractivity contribution in [2.45, 2.75) is 57.5 Å². The number of piperazine rings is 1. The number of nitrogens with zero attached hydrogens (tertiary/aromatic N) is 2. The predicted molar refractivity (Wildman–Crippen MR) is 89.6 cm³/mol. The summed E-state index contributed by atoms with van der Waals surface area (Å²) in [6, 6.07) is 1.48. The molecule has 3 heteroatoms. The fourth-order valence-corrected chi connectivity index (χ4v) is 5.27. The van der Waals surface area contributed by atoms with Crippen LogP contribution < -0.4 is 5.32 Å². The zero-order valence-corrected chi connectivity index (χ0v) is 14.4. The van der Waals surface area contributed by atoms with E-state index < -0.39 is 0 Å². The van der Waals surface area contributed by atoms with Crippen molar-refractivity contribution in [1.82, 2.24) is 15.1 Å². The molecule has 0 amide bonds. The molecular formula is C18H35N3. The number of hydrogen-bond donors (Lipinski definition) is 1. The summed E-state index contributed by atoms with van der Waals surface area (Å²) < 4.78 is 0. The van der Waals surface area contributed by atoms with Crippen LogP contribution in [0.4, 0.5) is 0 Å². The first-order valence-corrected chi connectivity index (χ1v) is 9.27. The summed E-state index contributed by atoms with van der Waals surface area (Å²) in [5.74, 6) is 3.19. The second-order valence-electron chi connectivity index (χ2n) is 8.06. The highest BCUT2D eigenvalue weighted by atomic mass is 15.3. The van der Waals surface area contributed by atoms with Crippen LogP contribution in [0.25, 0.3) is 0 Å². The van der Waals surface area contributed by atoms with E-state index in [9.17, 15) is 0 Å². The first-order chi connectivity index (χ1) is 10.2. The lowest BCUT2D eigenvalue weighted by Crippen LogP contribution is -2.52. The molecule has 1 heterocycles. The minimum Gasteiger partial charge on any atom is -0.314 e. The van der Waals surface area contributed by atoms with Gasteiger partial charge < -0.3 is 15.1 Å². The third kappa shape index (κ3) is 3.80. The van der Waals surface area contributed by atoms with E-state index in [2.05, 4.69) is 36.1 Å². The highest BCUT2D eigenvalue weighted by Gasteiger charge is 2.40. The van der Waals surface area contributed by atoms with E-state index in [1.807, 2.05) is 0 Å². The lowest BCUT2D eigenvalue weighted by Gasteiger charge is -2.40. The normalized spacial score (nSPS) is 39.0. The molecule has 2 bridgehead atoms. The highest BCUT2D eigenvalue weighted by molar-refractivity contribution is 4.93. The molecule has 21 heavy (non-hydrogen) atoms. The summed E-state index contributed by atoms with van der Waals surface area (Å²) in [5, 5.41) is 3.81. The van der Waals surface area contributed by atoms with Crippen molar-refractivity contribution in [3.8, 4) is 0 Å². The lowest BCUT2D eigenvalue weighted by atomic mass is 9.82. The van der Waals surface area contributed by atoms with Gasteiger partial charge in [0.25, 0.3) is 0 Å². The Bertz CT molecular complexity index is 332. The summed E-state index contributed by atoms with van der Waals surface area (Å²) >= 11 is 0. The van der Waals surface area contributed by atoms with E-state index in [4.69, 9.17) is 0 Å². The molecule has 0 aromatic carbocycles. The molecule has 3 nitrogen and oxygen atoms in total. The molecule has 0 aromatic rings. The van der Waals surface area contributed by atoms with Gasteiger partial charge in [0, 0.05) is 31.7 Å². The fraction of sp³-hybridized carbons (Fsp3) is 1.00. The van der Waals surface area contributed by atoms with Gasteiger partial charge in [-0.1, -0.05) is 13.3 Å². The molecule has 0 spiro atoms. The summed E-state index contributed by atoms with van der Waals surface area (Å²) in [4.78, 5) is 5.09. The van der Waals surface area contributed by atoms with Gasteiger partial charge in [-0.2, -0.15) is 0 Å². The van der Waals surface area contributed by atoms with Crippen LogP contribution in [0.5, 0.6) is 0 Å². The van der Waals surface area contributed by atoms with E-state index in [1.165, 1.54) is 51.7 Å². The predicted octanol–water partition coefficient (Wildman–Crippen LogP) is 2.43. The Labute approximate surface area is 131 Å². The van der Waals surface area contributed by atoms with Gasteiger partial charge in [0.05, 0.1) is 0 Å². The van der Waals surface area contributed by atoms with Crippen LogP contribution in [0, 0.1) is 17.8 Å². The van der Waals surface area contributed by atoms with Gasteiger partial charge in [-0.15, -0.1) is 0 Å². The number of likely N-dealkylation sites (N-methyl/N-ethyl adjacent to an activating group) is 2. The third-order valence-electron chi connectivity index (χ3n) is 6.50. The number of nitrogens with one attached hydrogen (secondary N) is 1. The van der Waals surface area contributed by atoms with Crippen molar-refractivity contribution in [2.24, 2.45) is 17.8 Å². The monoisotopic (exact) mass is 293 g/mol. The Morgan fingerprint density at radius 3 is 2.62 bits per heavy atom. The number of rotatable bonds is 6. The molecule has 2 aliphatic carbocycles. The molecule has 1 N–H and O–H groups in total. The van der Waals surface area contributed by atoms with E-state index in [0.717, 1.165) is 36.4 Å². The van der Waals surface area contributed by atoms with Gasteiger partial charge >= 0.3 is 0 Å². The Morgan fingerprint density at radius 2 is 1.95 bits per heavy atom. The molecule has 3 aliphatic rings. The van der Waals surface area contributed by atoms with Crippen LogP contribution >= 0.6 is 0 Å². The standard InChI is InChI=1S/C18H35N3/c1-4-19-17(11-16-10-14-5-6-15(16)9-14)12-18-13-20(2)7-8-21(18)3/h14-19H,4-13H2,1-3H3. The maximum atomic E-state index is 3.81. The second-order valence-corrected chi connectivity index (χ2v) is 8.06. The molecule has 5 atom stereocenters. The van der Waals surface area contributed by atoms with Crippen LogP contribution in [0.3, 0.4) is 0 Å².